The fraction of sp³-hybridized carbons (Fsp3) is 0.130. The van der Waals surface area contributed by atoms with Crippen LogP contribution in [0.5, 0.6) is 0 Å². The van der Waals surface area contributed by atoms with Gasteiger partial charge in [0.2, 0.25) is 0 Å². The molecule has 148 valence electrons. The Morgan fingerprint density at radius 2 is 1.83 bits per heavy atom. The van der Waals surface area contributed by atoms with Gasteiger partial charge >= 0.3 is 0 Å². The summed E-state index contributed by atoms with van der Waals surface area (Å²) in [5.41, 5.74) is 1.58. The normalized spacial score (nSPS) is 11.2. The van der Waals surface area contributed by atoms with Crippen LogP contribution in [-0.2, 0) is 11.2 Å². The van der Waals surface area contributed by atoms with Gasteiger partial charge in [-0.15, -0.1) is 0 Å². The summed E-state index contributed by atoms with van der Waals surface area (Å²) in [6.45, 7) is 2.21. The van der Waals surface area contributed by atoms with Crippen molar-refractivity contribution in [2.24, 2.45) is 0 Å². The molecule has 0 bridgehead atoms. The highest BCUT2D eigenvalue weighted by Gasteiger charge is 2.15. The van der Waals surface area contributed by atoms with Crippen molar-refractivity contribution in [2.45, 2.75) is 13.3 Å². The minimum Gasteiger partial charge on any atom is -0.462 e. The summed E-state index contributed by atoms with van der Waals surface area (Å²) < 4.78 is 5.52. The molecular weight excluding hydrogens is 388 g/mol. The van der Waals surface area contributed by atoms with Gasteiger partial charge < -0.3 is 15.1 Å². The lowest BCUT2D eigenvalue weighted by atomic mass is 10.1. The number of amides is 2. The highest BCUT2D eigenvalue weighted by molar-refractivity contribution is 6.30. The standard InChI is InChI=1S/C23H21ClN2O3/c1-16-10-11-20(29-16)15-21(26-22(27)18-7-3-2-4-8-18)23(28)25-13-12-17-6-5-9-19(24)14-17/h2-11,14-15H,12-13H2,1H3,(H,25,28)(H,26,27)/b21-15-. The molecule has 29 heavy (non-hydrogen) atoms. The monoisotopic (exact) mass is 408 g/mol. The van der Waals surface area contributed by atoms with Gasteiger partial charge in [-0.05, 0) is 55.3 Å². The Kier molecular flexibility index (Phi) is 6.87. The molecule has 3 aromatic rings. The molecule has 2 N–H and O–H groups in total. The van der Waals surface area contributed by atoms with Gasteiger partial charge in [-0.3, -0.25) is 9.59 Å². The zero-order valence-electron chi connectivity index (χ0n) is 15.9. The van der Waals surface area contributed by atoms with Gasteiger partial charge in [-0.1, -0.05) is 41.9 Å². The molecule has 0 aliphatic rings. The van der Waals surface area contributed by atoms with Gasteiger partial charge in [0.15, 0.2) is 0 Å². The second kappa shape index (κ2) is 9.75. The van der Waals surface area contributed by atoms with Crippen molar-refractivity contribution < 1.29 is 14.0 Å². The molecule has 0 atom stereocenters. The van der Waals surface area contributed by atoms with E-state index in [0.717, 1.165) is 5.56 Å². The molecule has 0 saturated carbocycles. The maximum Gasteiger partial charge on any atom is 0.267 e. The highest BCUT2D eigenvalue weighted by Crippen LogP contribution is 2.12. The third kappa shape index (κ3) is 6.09. The van der Waals surface area contributed by atoms with E-state index in [1.165, 1.54) is 6.08 Å². The molecule has 0 spiro atoms. The number of hydrogen-bond donors (Lipinski definition) is 2. The number of rotatable bonds is 7. The fourth-order valence-corrected chi connectivity index (χ4v) is 2.94. The van der Waals surface area contributed by atoms with E-state index in [9.17, 15) is 9.59 Å². The van der Waals surface area contributed by atoms with Crippen molar-refractivity contribution in [1.82, 2.24) is 10.6 Å². The van der Waals surface area contributed by atoms with Gasteiger partial charge in [0.25, 0.3) is 11.8 Å². The van der Waals surface area contributed by atoms with Crippen molar-refractivity contribution >= 4 is 29.5 Å². The van der Waals surface area contributed by atoms with Crippen LogP contribution in [0.4, 0.5) is 0 Å². The Hall–Kier alpha value is -3.31. The molecule has 2 aromatic carbocycles. The molecule has 1 aromatic heterocycles. The first kappa shape index (κ1) is 20.4. The summed E-state index contributed by atoms with van der Waals surface area (Å²) >= 11 is 5.99. The van der Waals surface area contributed by atoms with Crippen molar-refractivity contribution in [3.8, 4) is 0 Å². The number of aryl methyl sites for hydroxylation is 1. The largest absolute Gasteiger partial charge is 0.462 e. The van der Waals surface area contributed by atoms with Gasteiger partial charge in [0.05, 0.1) is 0 Å². The summed E-state index contributed by atoms with van der Waals surface area (Å²) in [5, 5.41) is 6.16. The topological polar surface area (TPSA) is 71.3 Å². The molecule has 3 rings (SSSR count). The van der Waals surface area contributed by atoms with Crippen molar-refractivity contribution in [2.75, 3.05) is 6.54 Å². The van der Waals surface area contributed by atoms with E-state index in [1.807, 2.05) is 31.2 Å². The predicted octanol–water partition coefficient (Wildman–Crippen LogP) is 4.37. The van der Waals surface area contributed by atoms with Crippen LogP contribution in [0.3, 0.4) is 0 Å². The average molecular weight is 409 g/mol. The zero-order valence-corrected chi connectivity index (χ0v) is 16.7. The maximum absolute atomic E-state index is 12.7. The van der Waals surface area contributed by atoms with Crippen LogP contribution in [0.1, 0.15) is 27.4 Å². The minimum absolute atomic E-state index is 0.110. The average Bonchev–Trinajstić information content (AvgIpc) is 3.13. The molecule has 0 radical (unpaired) electrons. The number of halogens is 1. The number of carbonyl (C=O) groups is 2. The Balaban J connectivity index is 1.70. The number of carbonyl (C=O) groups excluding carboxylic acids is 2. The molecule has 0 aliphatic carbocycles. The lowest BCUT2D eigenvalue weighted by molar-refractivity contribution is -0.117. The summed E-state index contributed by atoms with van der Waals surface area (Å²) in [6, 6.07) is 19.7. The Morgan fingerprint density at radius 3 is 2.52 bits per heavy atom. The van der Waals surface area contributed by atoms with Gasteiger partial charge in [0.1, 0.15) is 17.2 Å². The number of hydrogen-bond acceptors (Lipinski definition) is 3. The van der Waals surface area contributed by atoms with Crippen LogP contribution in [0.25, 0.3) is 6.08 Å². The van der Waals surface area contributed by atoms with Crippen LogP contribution < -0.4 is 10.6 Å². The van der Waals surface area contributed by atoms with E-state index in [-0.39, 0.29) is 11.6 Å². The van der Waals surface area contributed by atoms with E-state index in [0.29, 0.717) is 35.1 Å². The molecule has 6 heteroatoms. The van der Waals surface area contributed by atoms with Gasteiger partial charge in [0, 0.05) is 23.2 Å². The summed E-state index contributed by atoms with van der Waals surface area (Å²) in [5.74, 6) is 0.428. The van der Waals surface area contributed by atoms with Crippen LogP contribution in [-0.4, -0.2) is 18.4 Å². The number of benzene rings is 2. The quantitative estimate of drug-likeness (QED) is 0.570. The molecule has 5 nitrogen and oxygen atoms in total. The smallest absolute Gasteiger partial charge is 0.267 e. The Morgan fingerprint density at radius 1 is 1.03 bits per heavy atom. The van der Waals surface area contributed by atoms with E-state index >= 15 is 0 Å². The molecule has 0 saturated heterocycles. The van der Waals surface area contributed by atoms with Gasteiger partial charge in [-0.25, -0.2) is 0 Å². The lowest BCUT2D eigenvalue weighted by Gasteiger charge is -2.11. The van der Waals surface area contributed by atoms with E-state index in [1.54, 1.807) is 42.5 Å². The number of furan rings is 1. The van der Waals surface area contributed by atoms with E-state index < -0.39 is 5.91 Å². The SMILES string of the molecule is Cc1ccc(/C=C(\NC(=O)c2ccccc2)C(=O)NCCc2cccc(Cl)c2)o1. The second-order valence-corrected chi connectivity index (χ2v) is 6.90. The highest BCUT2D eigenvalue weighted by atomic mass is 35.5. The predicted molar refractivity (Wildman–Crippen MR) is 113 cm³/mol. The maximum atomic E-state index is 12.7. The lowest BCUT2D eigenvalue weighted by Crippen LogP contribution is -2.35. The van der Waals surface area contributed by atoms with Crippen molar-refractivity contribution in [1.29, 1.82) is 0 Å². The van der Waals surface area contributed by atoms with Crippen LogP contribution in [0, 0.1) is 6.92 Å². The molecule has 0 unspecified atom stereocenters. The van der Waals surface area contributed by atoms with Crippen LogP contribution in [0.15, 0.2) is 76.8 Å². The Labute approximate surface area is 174 Å². The molecule has 1 heterocycles. The Bertz CT molecular complexity index is 1030. The summed E-state index contributed by atoms with van der Waals surface area (Å²) in [7, 11) is 0. The van der Waals surface area contributed by atoms with E-state index in [4.69, 9.17) is 16.0 Å². The first-order chi connectivity index (χ1) is 14.0. The summed E-state index contributed by atoms with van der Waals surface area (Å²) in [4.78, 5) is 25.2. The van der Waals surface area contributed by atoms with E-state index in [2.05, 4.69) is 10.6 Å². The minimum atomic E-state index is -0.398. The fourth-order valence-electron chi connectivity index (χ4n) is 2.72. The summed E-state index contributed by atoms with van der Waals surface area (Å²) in [6.07, 6.45) is 2.13. The third-order valence-corrected chi connectivity index (χ3v) is 4.40. The van der Waals surface area contributed by atoms with Gasteiger partial charge in [-0.2, -0.15) is 0 Å². The first-order valence-corrected chi connectivity index (χ1v) is 9.56. The molecule has 0 fully saturated rings. The van der Waals surface area contributed by atoms with Crippen LogP contribution >= 0.6 is 11.6 Å². The molecular formula is C23H21ClN2O3. The van der Waals surface area contributed by atoms with Crippen molar-refractivity contribution in [3.63, 3.8) is 0 Å². The first-order valence-electron chi connectivity index (χ1n) is 9.18. The third-order valence-electron chi connectivity index (χ3n) is 4.16. The second-order valence-electron chi connectivity index (χ2n) is 6.46. The molecule has 0 aliphatic heterocycles. The number of nitrogens with one attached hydrogen (secondary N) is 2. The molecule has 2 amide bonds. The van der Waals surface area contributed by atoms with Crippen molar-refractivity contribution in [3.05, 3.63) is 100 Å². The van der Waals surface area contributed by atoms with Crippen LogP contribution in [0.2, 0.25) is 5.02 Å². The zero-order chi connectivity index (χ0) is 20.6.